The normalized spacial score (nSPS) is 13.2. The molecule has 0 aromatic carbocycles. The molecule has 0 fully saturated rings. The van der Waals surface area contributed by atoms with E-state index >= 15 is 0 Å². The van der Waals surface area contributed by atoms with Gasteiger partial charge in [-0.15, -0.1) is 0 Å². The van der Waals surface area contributed by atoms with Crippen LogP contribution in [-0.4, -0.2) is 18.2 Å². The molecule has 0 bridgehead atoms. The van der Waals surface area contributed by atoms with Crippen LogP contribution in [0.3, 0.4) is 0 Å². The van der Waals surface area contributed by atoms with Crippen LogP contribution in [0.2, 0.25) is 0 Å². The van der Waals surface area contributed by atoms with Crippen molar-refractivity contribution in [3.05, 3.63) is 59.5 Å². The van der Waals surface area contributed by atoms with Crippen LogP contribution in [-0.2, 0) is 0 Å². The summed E-state index contributed by atoms with van der Waals surface area (Å²) in [6.07, 6.45) is 7.34. The van der Waals surface area contributed by atoms with E-state index in [4.69, 9.17) is 5.26 Å². The van der Waals surface area contributed by atoms with Crippen LogP contribution in [0.5, 0.6) is 0 Å². The molecule has 3 nitrogen and oxygen atoms in total. The SMILES string of the molecule is C=C/C(=C(C=NC)\C=C(/C)c1cccnc1C#N)C(C)C. The molecule has 108 valence electrons. The number of rotatable bonds is 5. The van der Waals surface area contributed by atoms with Crippen molar-refractivity contribution in [2.45, 2.75) is 20.8 Å². The van der Waals surface area contributed by atoms with Crippen molar-refractivity contribution in [1.29, 1.82) is 5.26 Å². The lowest BCUT2D eigenvalue weighted by atomic mass is 9.95. The topological polar surface area (TPSA) is 49.0 Å². The number of allylic oxidation sites excluding steroid dienone is 5. The van der Waals surface area contributed by atoms with Gasteiger partial charge >= 0.3 is 0 Å². The zero-order valence-corrected chi connectivity index (χ0v) is 13.1. The smallest absolute Gasteiger partial charge is 0.147 e. The van der Waals surface area contributed by atoms with Crippen LogP contribution in [0.1, 0.15) is 32.0 Å². The number of nitriles is 1. The summed E-state index contributed by atoms with van der Waals surface area (Å²) in [5.41, 5.74) is 4.39. The van der Waals surface area contributed by atoms with Crippen molar-refractivity contribution in [3.8, 4) is 6.07 Å². The number of aromatic nitrogens is 1. The first-order valence-corrected chi connectivity index (χ1v) is 6.87. The third-order valence-electron chi connectivity index (χ3n) is 3.15. The average Bonchev–Trinajstić information content (AvgIpc) is 2.47. The first-order valence-electron chi connectivity index (χ1n) is 6.87. The monoisotopic (exact) mass is 279 g/mol. The Hall–Kier alpha value is -2.47. The van der Waals surface area contributed by atoms with Gasteiger partial charge in [0.05, 0.1) is 0 Å². The number of aliphatic imine (C=N–C) groups is 1. The molecule has 3 heteroatoms. The number of pyridine rings is 1. The van der Waals surface area contributed by atoms with E-state index < -0.39 is 0 Å². The van der Waals surface area contributed by atoms with Gasteiger partial charge in [-0.1, -0.05) is 32.6 Å². The van der Waals surface area contributed by atoms with E-state index in [0.29, 0.717) is 11.6 Å². The van der Waals surface area contributed by atoms with Gasteiger partial charge in [0.2, 0.25) is 0 Å². The zero-order valence-electron chi connectivity index (χ0n) is 13.1. The third-order valence-corrected chi connectivity index (χ3v) is 3.15. The highest BCUT2D eigenvalue weighted by Crippen LogP contribution is 2.22. The zero-order chi connectivity index (χ0) is 15.8. The van der Waals surface area contributed by atoms with E-state index in [1.807, 2.05) is 37.4 Å². The molecule has 1 rings (SSSR count). The Balaban J connectivity index is 3.42. The number of hydrogen-bond acceptors (Lipinski definition) is 3. The molecule has 0 spiro atoms. The van der Waals surface area contributed by atoms with E-state index in [2.05, 4.69) is 36.5 Å². The fraction of sp³-hybridized carbons (Fsp3) is 0.278. The van der Waals surface area contributed by atoms with Crippen molar-refractivity contribution >= 4 is 11.8 Å². The van der Waals surface area contributed by atoms with Crippen molar-refractivity contribution in [3.63, 3.8) is 0 Å². The van der Waals surface area contributed by atoms with Crippen molar-refractivity contribution in [1.82, 2.24) is 4.98 Å². The Labute approximate surface area is 127 Å². The summed E-state index contributed by atoms with van der Waals surface area (Å²) in [6, 6.07) is 5.86. The minimum absolute atomic E-state index is 0.351. The second-order valence-electron chi connectivity index (χ2n) is 5.00. The van der Waals surface area contributed by atoms with E-state index in [9.17, 15) is 0 Å². The molecule has 1 aromatic rings. The number of hydrogen-bond donors (Lipinski definition) is 0. The average molecular weight is 279 g/mol. The lowest BCUT2D eigenvalue weighted by molar-refractivity contribution is 0.789. The molecule has 0 aliphatic carbocycles. The lowest BCUT2D eigenvalue weighted by Crippen LogP contribution is -1.98. The molecule has 1 aromatic heterocycles. The maximum absolute atomic E-state index is 9.15. The standard InChI is InChI=1S/C18H21N3/c1-6-16(13(2)3)15(12-20-5)10-14(4)17-8-7-9-21-18(17)11-19/h6-10,12-13H,1H2,2-5H3/b14-10+,16-15-,20-12?. The molecular weight excluding hydrogens is 258 g/mol. The summed E-state index contributed by atoms with van der Waals surface area (Å²) in [6.45, 7) is 10.1. The predicted octanol–water partition coefficient (Wildman–Crippen LogP) is 4.20. The lowest BCUT2D eigenvalue weighted by Gasteiger charge is -2.11. The highest BCUT2D eigenvalue weighted by atomic mass is 14.7. The molecule has 21 heavy (non-hydrogen) atoms. The molecule has 0 saturated heterocycles. The van der Waals surface area contributed by atoms with Gasteiger partial charge in [0, 0.05) is 25.0 Å². The van der Waals surface area contributed by atoms with Gasteiger partial charge in [-0.3, -0.25) is 4.99 Å². The molecule has 0 radical (unpaired) electrons. The van der Waals surface area contributed by atoms with Gasteiger partial charge in [0.25, 0.3) is 0 Å². The fourth-order valence-electron chi connectivity index (χ4n) is 2.14. The summed E-state index contributed by atoms with van der Waals surface area (Å²) < 4.78 is 0. The van der Waals surface area contributed by atoms with Crippen LogP contribution in [0, 0.1) is 17.2 Å². The maximum Gasteiger partial charge on any atom is 0.147 e. The highest BCUT2D eigenvalue weighted by molar-refractivity contribution is 5.88. The molecule has 0 atom stereocenters. The fourth-order valence-corrected chi connectivity index (χ4v) is 2.14. The molecule has 0 aliphatic rings. The highest BCUT2D eigenvalue weighted by Gasteiger charge is 2.08. The molecule has 0 N–H and O–H groups in total. The molecular formula is C18H21N3. The predicted molar refractivity (Wildman–Crippen MR) is 89.1 cm³/mol. The van der Waals surface area contributed by atoms with Crippen molar-refractivity contribution < 1.29 is 0 Å². The van der Waals surface area contributed by atoms with Gasteiger partial charge in [-0.25, -0.2) is 4.98 Å². The molecule has 0 saturated carbocycles. The van der Waals surface area contributed by atoms with Gasteiger partial charge < -0.3 is 0 Å². The van der Waals surface area contributed by atoms with E-state index in [-0.39, 0.29) is 0 Å². The molecule has 1 heterocycles. The largest absolute Gasteiger partial charge is 0.296 e. The van der Waals surface area contributed by atoms with Crippen LogP contribution in [0.25, 0.3) is 5.57 Å². The molecule has 0 aliphatic heterocycles. The molecule has 0 amide bonds. The van der Waals surface area contributed by atoms with Crippen molar-refractivity contribution in [2.75, 3.05) is 7.05 Å². The summed E-state index contributed by atoms with van der Waals surface area (Å²) in [4.78, 5) is 8.22. The summed E-state index contributed by atoms with van der Waals surface area (Å²) >= 11 is 0. The van der Waals surface area contributed by atoms with E-state index in [0.717, 1.165) is 22.3 Å². The van der Waals surface area contributed by atoms with Crippen LogP contribution < -0.4 is 0 Å². The third kappa shape index (κ3) is 4.25. The Kier molecular flexibility index (Phi) is 6.29. The Bertz CT molecular complexity index is 641. The second kappa shape index (κ2) is 7.96. The quantitative estimate of drug-likeness (QED) is 0.599. The first kappa shape index (κ1) is 16.6. The second-order valence-corrected chi connectivity index (χ2v) is 5.00. The van der Waals surface area contributed by atoms with Crippen LogP contribution in [0.4, 0.5) is 0 Å². The van der Waals surface area contributed by atoms with Gasteiger partial charge in [-0.2, -0.15) is 5.26 Å². The van der Waals surface area contributed by atoms with Gasteiger partial charge in [0.1, 0.15) is 11.8 Å². The van der Waals surface area contributed by atoms with Crippen LogP contribution >= 0.6 is 0 Å². The Morgan fingerprint density at radius 2 is 2.19 bits per heavy atom. The van der Waals surface area contributed by atoms with Crippen LogP contribution in [0.15, 0.2) is 53.2 Å². The minimum atomic E-state index is 0.351. The van der Waals surface area contributed by atoms with Crippen molar-refractivity contribution in [2.24, 2.45) is 10.9 Å². The summed E-state index contributed by atoms with van der Waals surface area (Å²) in [7, 11) is 1.75. The maximum atomic E-state index is 9.15. The summed E-state index contributed by atoms with van der Waals surface area (Å²) in [5, 5.41) is 9.15. The Morgan fingerprint density at radius 3 is 2.71 bits per heavy atom. The Morgan fingerprint density at radius 1 is 1.48 bits per heavy atom. The van der Waals surface area contributed by atoms with Gasteiger partial charge in [-0.05, 0) is 41.7 Å². The van der Waals surface area contributed by atoms with E-state index in [1.165, 1.54) is 0 Å². The summed E-state index contributed by atoms with van der Waals surface area (Å²) in [5.74, 6) is 0.351. The van der Waals surface area contributed by atoms with Gasteiger partial charge in [0.15, 0.2) is 0 Å². The minimum Gasteiger partial charge on any atom is -0.296 e. The first-order chi connectivity index (χ1) is 10.0. The number of nitrogens with zero attached hydrogens (tertiary/aromatic N) is 3. The van der Waals surface area contributed by atoms with E-state index in [1.54, 1.807) is 13.2 Å². The molecule has 0 unspecified atom stereocenters.